The Bertz CT molecular complexity index is 556. The second-order valence-electron chi connectivity index (χ2n) is 5.15. The number of aryl methyl sites for hydroxylation is 1. The summed E-state index contributed by atoms with van der Waals surface area (Å²) in [7, 11) is 0. The van der Waals surface area contributed by atoms with Gasteiger partial charge in [0.1, 0.15) is 4.88 Å². The standard InChI is InChI=1S/C13H18N4OS/c1-2-5-10-15-8-9(19-10)11-16-12(17-18-11)13(14)6-3-4-7-13/h8H,2-7,14H2,1H3. The van der Waals surface area contributed by atoms with Crippen molar-refractivity contribution < 1.29 is 4.52 Å². The van der Waals surface area contributed by atoms with E-state index in [9.17, 15) is 0 Å². The van der Waals surface area contributed by atoms with E-state index in [0.717, 1.165) is 48.4 Å². The molecule has 0 amide bonds. The second-order valence-corrected chi connectivity index (χ2v) is 6.27. The molecular weight excluding hydrogens is 260 g/mol. The molecule has 2 aromatic rings. The zero-order chi connectivity index (χ0) is 13.3. The highest BCUT2D eigenvalue weighted by atomic mass is 32.1. The van der Waals surface area contributed by atoms with Crippen molar-refractivity contribution in [2.75, 3.05) is 0 Å². The van der Waals surface area contributed by atoms with Crippen LogP contribution in [0.15, 0.2) is 10.7 Å². The average Bonchev–Trinajstić information content (AvgIpc) is 3.07. The van der Waals surface area contributed by atoms with Crippen LogP contribution in [0.25, 0.3) is 10.8 Å². The summed E-state index contributed by atoms with van der Waals surface area (Å²) in [5, 5.41) is 5.18. The first-order valence-electron chi connectivity index (χ1n) is 6.79. The van der Waals surface area contributed by atoms with Crippen LogP contribution in [0.5, 0.6) is 0 Å². The molecule has 1 aliphatic rings. The van der Waals surface area contributed by atoms with Crippen LogP contribution < -0.4 is 5.73 Å². The molecule has 3 rings (SSSR count). The lowest BCUT2D eigenvalue weighted by Crippen LogP contribution is -2.34. The third kappa shape index (κ3) is 2.42. The molecule has 2 aromatic heterocycles. The van der Waals surface area contributed by atoms with Gasteiger partial charge in [-0.3, -0.25) is 0 Å². The van der Waals surface area contributed by atoms with Gasteiger partial charge in [0.25, 0.3) is 5.89 Å². The van der Waals surface area contributed by atoms with Crippen LogP contribution in [0.4, 0.5) is 0 Å². The van der Waals surface area contributed by atoms with Gasteiger partial charge in [0.2, 0.25) is 0 Å². The van der Waals surface area contributed by atoms with E-state index in [4.69, 9.17) is 10.3 Å². The predicted octanol–water partition coefficient (Wildman–Crippen LogP) is 2.87. The Labute approximate surface area is 116 Å². The summed E-state index contributed by atoms with van der Waals surface area (Å²) in [4.78, 5) is 9.78. The molecule has 5 nitrogen and oxygen atoms in total. The van der Waals surface area contributed by atoms with Crippen LogP contribution in [0.2, 0.25) is 0 Å². The Balaban J connectivity index is 1.84. The fourth-order valence-electron chi connectivity index (χ4n) is 2.49. The first-order valence-corrected chi connectivity index (χ1v) is 7.61. The molecule has 0 saturated heterocycles. The van der Waals surface area contributed by atoms with Crippen molar-refractivity contribution in [3.63, 3.8) is 0 Å². The first kappa shape index (κ1) is 12.7. The summed E-state index contributed by atoms with van der Waals surface area (Å²) < 4.78 is 5.35. The maximum Gasteiger partial charge on any atom is 0.269 e. The number of thiazole rings is 1. The molecule has 19 heavy (non-hydrogen) atoms. The Morgan fingerprint density at radius 2 is 2.21 bits per heavy atom. The normalized spacial score (nSPS) is 18.0. The molecule has 0 atom stereocenters. The highest BCUT2D eigenvalue weighted by molar-refractivity contribution is 7.15. The van der Waals surface area contributed by atoms with Crippen molar-refractivity contribution >= 4 is 11.3 Å². The van der Waals surface area contributed by atoms with E-state index in [2.05, 4.69) is 22.0 Å². The van der Waals surface area contributed by atoms with E-state index in [1.807, 2.05) is 6.20 Å². The molecule has 102 valence electrons. The number of nitrogens with two attached hydrogens (primary N) is 1. The minimum Gasteiger partial charge on any atom is -0.333 e. The van der Waals surface area contributed by atoms with Gasteiger partial charge >= 0.3 is 0 Å². The average molecular weight is 278 g/mol. The van der Waals surface area contributed by atoms with Gasteiger partial charge < -0.3 is 10.3 Å². The Kier molecular flexibility index (Phi) is 3.36. The predicted molar refractivity (Wildman–Crippen MR) is 73.7 cm³/mol. The van der Waals surface area contributed by atoms with Gasteiger partial charge in [0.05, 0.1) is 16.7 Å². The molecule has 0 aromatic carbocycles. The van der Waals surface area contributed by atoms with Crippen LogP contribution in [0.3, 0.4) is 0 Å². The van der Waals surface area contributed by atoms with Crippen LogP contribution >= 0.6 is 11.3 Å². The number of hydrogen-bond acceptors (Lipinski definition) is 6. The molecule has 0 bridgehead atoms. The topological polar surface area (TPSA) is 77.8 Å². The summed E-state index contributed by atoms with van der Waals surface area (Å²) in [5.74, 6) is 1.19. The van der Waals surface area contributed by atoms with Crippen molar-refractivity contribution in [3.05, 3.63) is 17.0 Å². The van der Waals surface area contributed by atoms with Crippen molar-refractivity contribution in [2.45, 2.75) is 51.0 Å². The van der Waals surface area contributed by atoms with Gasteiger partial charge in [-0.2, -0.15) is 4.98 Å². The minimum absolute atomic E-state index is 0.390. The summed E-state index contributed by atoms with van der Waals surface area (Å²) in [6.07, 6.45) is 8.06. The van der Waals surface area contributed by atoms with Crippen LogP contribution in [0.1, 0.15) is 49.9 Å². The van der Waals surface area contributed by atoms with Crippen molar-refractivity contribution in [1.29, 1.82) is 0 Å². The number of rotatable bonds is 4. The quantitative estimate of drug-likeness (QED) is 0.930. The van der Waals surface area contributed by atoms with Crippen LogP contribution in [0, 0.1) is 0 Å². The van der Waals surface area contributed by atoms with E-state index < -0.39 is 5.54 Å². The van der Waals surface area contributed by atoms with E-state index in [1.54, 1.807) is 11.3 Å². The molecule has 0 spiro atoms. The van der Waals surface area contributed by atoms with Crippen molar-refractivity contribution in [3.8, 4) is 10.8 Å². The largest absolute Gasteiger partial charge is 0.333 e. The molecule has 2 N–H and O–H groups in total. The summed E-state index contributed by atoms with van der Waals surface area (Å²) in [5.41, 5.74) is 5.94. The molecule has 0 aliphatic heterocycles. The molecule has 0 radical (unpaired) electrons. The van der Waals surface area contributed by atoms with E-state index in [1.165, 1.54) is 0 Å². The highest BCUT2D eigenvalue weighted by Crippen LogP contribution is 2.36. The Morgan fingerprint density at radius 3 is 2.95 bits per heavy atom. The number of hydrogen-bond donors (Lipinski definition) is 1. The molecule has 2 heterocycles. The van der Waals surface area contributed by atoms with Crippen LogP contribution in [-0.2, 0) is 12.0 Å². The second kappa shape index (κ2) is 5.02. The Hall–Kier alpha value is -1.27. The van der Waals surface area contributed by atoms with Crippen LogP contribution in [-0.4, -0.2) is 15.1 Å². The lowest BCUT2D eigenvalue weighted by molar-refractivity contribution is 0.373. The first-order chi connectivity index (χ1) is 9.21. The molecule has 1 aliphatic carbocycles. The molecule has 6 heteroatoms. The number of nitrogens with zero attached hydrogens (tertiary/aromatic N) is 3. The maximum atomic E-state index is 6.33. The van der Waals surface area contributed by atoms with E-state index >= 15 is 0 Å². The third-order valence-electron chi connectivity index (χ3n) is 3.60. The van der Waals surface area contributed by atoms with Gasteiger partial charge in [-0.1, -0.05) is 24.9 Å². The maximum absolute atomic E-state index is 6.33. The fraction of sp³-hybridized carbons (Fsp3) is 0.615. The monoisotopic (exact) mass is 278 g/mol. The lowest BCUT2D eigenvalue weighted by Gasteiger charge is -2.17. The zero-order valence-corrected chi connectivity index (χ0v) is 11.9. The SMILES string of the molecule is CCCc1ncc(-c2nc(C3(N)CCCC3)no2)s1. The summed E-state index contributed by atoms with van der Waals surface area (Å²) in [6, 6.07) is 0. The summed E-state index contributed by atoms with van der Waals surface area (Å²) in [6.45, 7) is 2.14. The lowest BCUT2D eigenvalue weighted by atomic mass is 9.99. The van der Waals surface area contributed by atoms with Gasteiger partial charge in [0.15, 0.2) is 5.82 Å². The summed E-state index contributed by atoms with van der Waals surface area (Å²) >= 11 is 1.62. The smallest absolute Gasteiger partial charge is 0.269 e. The van der Waals surface area contributed by atoms with E-state index in [-0.39, 0.29) is 0 Å². The molecule has 1 saturated carbocycles. The van der Waals surface area contributed by atoms with Gasteiger partial charge in [-0.05, 0) is 25.7 Å². The van der Waals surface area contributed by atoms with Crippen molar-refractivity contribution in [1.82, 2.24) is 15.1 Å². The third-order valence-corrected chi connectivity index (χ3v) is 4.64. The molecule has 1 fully saturated rings. The van der Waals surface area contributed by atoms with Gasteiger partial charge in [-0.15, -0.1) is 11.3 Å². The van der Waals surface area contributed by atoms with E-state index in [0.29, 0.717) is 11.7 Å². The fourth-order valence-corrected chi connectivity index (χ4v) is 3.43. The minimum atomic E-state index is -0.390. The van der Waals surface area contributed by atoms with Crippen molar-refractivity contribution in [2.24, 2.45) is 5.73 Å². The highest BCUT2D eigenvalue weighted by Gasteiger charge is 2.36. The molecular formula is C13H18N4OS. The zero-order valence-electron chi connectivity index (χ0n) is 11.1. The Morgan fingerprint density at radius 1 is 1.42 bits per heavy atom. The molecule has 0 unspecified atom stereocenters. The number of aromatic nitrogens is 3. The van der Waals surface area contributed by atoms with Gasteiger partial charge in [-0.25, -0.2) is 4.98 Å². The van der Waals surface area contributed by atoms with Gasteiger partial charge in [0, 0.05) is 0 Å².